The van der Waals surface area contributed by atoms with Crippen LogP contribution in [0.25, 0.3) is 0 Å². The molecule has 1 aromatic rings. The zero-order chi connectivity index (χ0) is 13.5. The number of halogens is 1. The van der Waals surface area contributed by atoms with Crippen molar-refractivity contribution in [3.63, 3.8) is 0 Å². The lowest BCUT2D eigenvalue weighted by atomic mass is 9.96. The van der Waals surface area contributed by atoms with Crippen LogP contribution in [0.5, 0.6) is 5.75 Å². The van der Waals surface area contributed by atoms with Crippen LogP contribution in [0.3, 0.4) is 0 Å². The van der Waals surface area contributed by atoms with Gasteiger partial charge in [0.2, 0.25) is 0 Å². The van der Waals surface area contributed by atoms with E-state index in [4.69, 9.17) is 16.6 Å². The topological polar surface area (TPSA) is 35.5 Å². The minimum atomic E-state index is -0.418. The summed E-state index contributed by atoms with van der Waals surface area (Å²) < 4.78 is 10.1. The Bertz CT molecular complexity index is 365. The van der Waals surface area contributed by atoms with Crippen molar-refractivity contribution < 1.29 is 13.8 Å². The van der Waals surface area contributed by atoms with Crippen molar-refractivity contribution >= 4 is 17.8 Å². The van der Waals surface area contributed by atoms with Gasteiger partial charge in [-0.2, -0.15) is 0 Å². The van der Waals surface area contributed by atoms with E-state index in [0.717, 1.165) is 5.75 Å². The highest BCUT2D eigenvalue weighted by molar-refractivity contribution is 6.13. The van der Waals surface area contributed by atoms with Gasteiger partial charge in [-0.15, -0.1) is 0 Å². The van der Waals surface area contributed by atoms with Crippen molar-refractivity contribution in [3.05, 3.63) is 30.3 Å². The van der Waals surface area contributed by atoms with E-state index in [1.807, 2.05) is 30.3 Å². The molecular weight excluding hydrogens is 252 g/mol. The molecule has 3 nitrogen and oxygen atoms in total. The molecule has 0 aliphatic carbocycles. The molecule has 1 aromatic carbocycles. The van der Waals surface area contributed by atoms with Crippen molar-refractivity contribution in [3.8, 4) is 5.75 Å². The van der Waals surface area contributed by atoms with E-state index in [1.165, 1.54) is 0 Å². The Hall–Kier alpha value is -1.22. The third-order valence-corrected chi connectivity index (χ3v) is 2.99. The summed E-state index contributed by atoms with van der Waals surface area (Å²) in [7, 11) is 0. The van der Waals surface area contributed by atoms with Gasteiger partial charge in [0, 0.05) is 0 Å². The summed E-state index contributed by atoms with van der Waals surface area (Å²) in [5, 5.41) is 0. The minimum absolute atomic E-state index is 0.0434. The monoisotopic (exact) mass is 270 g/mol. The van der Waals surface area contributed by atoms with Gasteiger partial charge in [-0.1, -0.05) is 39.0 Å². The summed E-state index contributed by atoms with van der Waals surface area (Å²) in [4.78, 5) is 11.3. The molecule has 0 N–H and O–H groups in total. The molecule has 100 valence electrons. The summed E-state index contributed by atoms with van der Waals surface area (Å²) in [5.41, 5.74) is 0. The summed E-state index contributed by atoms with van der Waals surface area (Å²) in [6.45, 7) is 5.91. The van der Waals surface area contributed by atoms with E-state index in [1.54, 1.807) is 6.92 Å². The fraction of sp³-hybridized carbons (Fsp3) is 0.500. The first-order valence-corrected chi connectivity index (χ1v) is 6.39. The molecule has 1 rings (SSSR count). The van der Waals surface area contributed by atoms with Gasteiger partial charge in [-0.05, 0) is 24.5 Å². The van der Waals surface area contributed by atoms with Crippen LogP contribution in [0.15, 0.2) is 30.3 Å². The highest BCUT2D eigenvalue weighted by Crippen LogP contribution is 2.21. The minimum Gasteiger partial charge on any atom is -0.490 e. The van der Waals surface area contributed by atoms with Crippen LogP contribution >= 0.6 is 11.9 Å². The molecule has 0 radical (unpaired) electrons. The van der Waals surface area contributed by atoms with Crippen LogP contribution in [-0.2, 0) is 9.08 Å². The van der Waals surface area contributed by atoms with Gasteiger partial charge in [-0.3, -0.25) is 4.79 Å². The van der Waals surface area contributed by atoms with Gasteiger partial charge >= 0.3 is 5.97 Å². The van der Waals surface area contributed by atoms with E-state index < -0.39 is 5.97 Å². The van der Waals surface area contributed by atoms with Gasteiger partial charge in [0.25, 0.3) is 0 Å². The number of para-hydroxylation sites is 1. The Balaban J connectivity index is 2.63. The maximum atomic E-state index is 11.3. The average molecular weight is 271 g/mol. The average Bonchev–Trinajstić information content (AvgIpc) is 2.37. The molecule has 0 aliphatic heterocycles. The lowest BCUT2D eigenvalue weighted by Gasteiger charge is -2.24. The molecule has 0 saturated carbocycles. The SMILES string of the molecule is CC(CC(Oc1ccccc1)C(C)C)C(=O)OCl. The second-order valence-corrected chi connectivity index (χ2v) is 4.90. The molecule has 18 heavy (non-hydrogen) atoms. The van der Waals surface area contributed by atoms with Crippen molar-refractivity contribution in [2.45, 2.75) is 33.3 Å². The van der Waals surface area contributed by atoms with Gasteiger partial charge in [-0.25, -0.2) is 0 Å². The number of carbonyl (C=O) groups excluding carboxylic acids is 1. The first kappa shape index (κ1) is 14.8. The smallest absolute Gasteiger partial charge is 0.327 e. The summed E-state index contributed by atoms with van der Waals surface area (Å²) in [6, 6.07) is 9.58. The van der Waals surface area contributed by atoms with E-state index in [9.17, 15) is 4.79 Å². The molecule has 0 amide bonds. The van der Waals surface area contributed by atoms with Crippen molar-refractivity contribution in [1.29, 1.82) is 0 Å². The molecule has 2 atom stereocenters. The summed E-state index contributed by atoms with van der Waals surface area (Å²) in [6.07, 6.45) is 0.538. The fourth-order valence-corrected chi connectivity index (χ4v) is 1.80. The number of rotatable bonds is 6. The molecule has 0 saturated heterocycles. The summed E-state index contributed by atoms with van der Waals surface area (Å²) >= 11 is 5.08. The molecule has 0 heterocycles. The first-order chi connectivity index (χ1) is 8.54. The van der Waals surface area contributed by atoms with Gasteiger partial charge < -0.3 is 9.03 Å². The van der Waals surface area contributed by atoms with E-state index in [2.05, 4.69) is 18.1 Å². The van der Waals surface area contributed by atoms with E-state index in [-0.39, 0.29) is 12.0 Å². The standard InChI is InChI=1S/C14H19ClO3/c1-10(2)13(9-11(3)14(16)18-15)17-12-7-5-4-6-8-12/h4-8,10-11,13H,9H2,1-3H3. The highest BCUT2D eigenvalue weighted by atomic mass is 35.5. The van der Waals surface area contributed by atoms with Crippen LogP contribution in [0.2, 0.25) is 0 Å². The Labute approximate surface area is 113 Å². The van der Waals surface area contributed by atoms with Crippen LogP contribution < -0.4 is 4.74 Å². The molecule has 0 spiro atoms. The Kier molecular flexibility index (Phi) is 5.99. The second-order valence-electron chi connectivity index (χ2n) is 4.75. The summed E-state index contributed by atoms with van der Waals surface area (Å²) in [5.74, 6) is 0.413. The van der Waals surface area contributed by atoms with Crippen LogP contribution in [0, 0.1) is 11.8 Å². The fourth-order valence-electron chi connectivity index (χ4n) is 1.65. The molecule has 0 fully saturated rings. The number of ether oxygens (including phenoxy) is 1. The van der Waals surface area contributed by atoms with Gasteiger partial charge in [0.05, 0.1) is 5.92 Å². The number of carbonyl (C=O) groups is 1. The lowest BCUT2D eigenvalue weighted by Crippen LogP contribution is -2.28. The number of hydrogen-bond acceptors (Lipinski definition) is 3. The third kappa shape index (κ3) is 4.57. The van der Waals surface area contributed by atoms with Crippen molar-refractivity contribution in [2.75, 3.05) is 0 Å². The molecule has 2 unspecified atom stereocenters. The number of hydrogen-bond donors (Lipinski definition) is 0. The van der Waals surface area contributed by atoms with Gasteiger partial charge in [0.1, 0.15) is 23.7 Å². The molecular formula is C14H19ClO3. The van der Waals surface area contributed by atoms with Crippen LogP contribution in [0.1, 0.15) is 27.2 Å². The van der Waals surface area contributed by atoms with Crippen molar-refractivity contribution in [1.82, 2.24) is 0 Å². The predicted octanol–water partition coefficient (Wildman–Crippen LogP) is 3.81. The van der Waals surface area contributed by atoms with Crippen molar-refractivity contribution in [2.24, 2.45) is 11.8 Å². The van der Waals surface area contributed by atoms with E-state index >= 15 is 0 Å². The van der Waals surface area contributed by atoms with E-state index in [0.29, 0.717) is 12.3 Å². The second kappa shape index (κ2) is 7.27. The molecule has 4 heteroatoms. The largest absolute Gasteiger partial charge is 0.490 e. The van der Waals surface area contributed by atoms with Gasteiger partial charge in [0.15, 0.2) is 0 Å². The molecule has 0 aromatic heterocycles. The third-order valence-electron chi connectivity index (χ3n) is 2.84. The quantitative estimate of drug-likeness (QED) is 0.788. The zero-order valence-electron chi connectivity index (χ0n) is 10.9. The highest BCUT2D eigenvalue weighted by Gasteiger charge is 2.23. The Morgan fingerprint density at radius 1 is 1.22 bits per heavy atom. The Morgan fingerprint density at radius 3 is 2.33 bits per heavy atom. The lowest BCUT2D eigenvalue weighted by molar-refractivity contribution is -0.138. The molecule has 0 aliphatic rings. The van der Waals surface area contributed by atoms with Crippen LogP contribution in [-0.4, -0.2) is 12.1 Å². The Morgan fingerprint density at radius 2 is 1.83 bits per heavy atom. The maximum Gasteiger partial charge on any atom is 0.327 e. The maximum absolute atomic E-state index is 11.3. The normalized spacial score (nSPS) is 14.1. The molecule has 0 bridgehead atoms. The van der Waals surface area contributed by atoms with Crippen LogP contribution in [0.4, 0.5) is 0 Å². The first-order valence-electron chi connectivity index (χ1n) is 6.08. The number of benzene rings is 1. The zero-order valence-corrected chi connectivity index (χ0v) is 11.7. The predicted molar refractivity (Wildman–Crippen MR) is 71.4 cm³/mol.